The van der Waals surface area contributed by atoms with Gasteiger partial charge >= 0.3 is 5.97 Å². The van der Waals surface area contributed by atoms with Crippen LogP contribution in [-0.2, 0) is 4.79 Å². The van der Waals surface area contributed by atoms with Crippen LogP contribution in [0.4, 0.5) is 0 Å². The van der Waals surface area contributed by atoms with Crippen molar-refractivity contribution >= 4 is 5.97 Å². The number of benzene rings is 1. The molecule has 0 spiro atoms. The molecule has 0 aliphatic heterocycles. The van der Waals surface area contributed by atoms with Gasteiger partial charge in [-0.15, -0.1) is 0 Å². The van der Waals surface area contributed by atoms with Crippen LogP contribution in [0.1, 0.15) is 0 Å². The molecular weight excluding hydrogens is 198 g/mol. The lowest BCUT2D eigenvalue weighted by atomic mass is 10.3. The third-order valence-electron chi connectivity index (χ3n) is 1.30. The molecule has 5 nitrogen and oxygen atoms in total. The van der Waals surface area contributed by atoms with E-state index >= 15 is 0 Å². The molecule has 0 saturated carbocycles. The van der Waals surface area contributed by atoms with Crippen molar-refractivity contribution < 1.29 is 20.1 Å². The van der Waals surface area contributed by atoms with Crippen molar-refractivity contribution in [1.82, 2.24) is 4.90 Å². The van der Waals surface area contributed by atoms with E-state index in [0.29, 0.717) is 0 Å². The molecule has 0 atom stereocenters. The number of phenols is 2. The third kappa shape index (κ3) is 8.58. The van der Waals surface area contributed by atoms with Gasteiger partial charge in [0.25, 0.3) is 0 Å². The molecule has 1 aromatic carbocycles. The Morgan fingerprint density at radius 1 is 1.13 bits per heavy atom. The minimum atomic E-state index is -0.787. The summed E-state index contributed by atoms with van der Waals surface area (Å²) in [5.74, 6) is -0.449. The van der Waals surface area contributed by atoms with Crippen LogP contribution in [0.5, 0.6) is 11.5 Å². The fourth-order valence-corrected chi connectivity index (χ4v) is 0.723. The number of carboxylic acid groups (broad SMARTS) is 1. The average Bonchev–Trinajstić information content (AvgIpc) is 2.09. The lowest BCUT2D eigenvalue weighted by Gasteiger charge is -2.01. The Balaban J connectivity index is 0.000000265. The van der Waals surface area contributed by atoms with E-state index in [1.807, 2.05) is 0 Å². The highest BCUT2D eigenvalue weighted by molar-refractivity contribution is 5.68. The van der Waals surface area contributed by atoms with Crippen LogP contribution in [0.2, 0.25) is 0 Å². The van der Waals surface area contributed by atoms with Gasteiger partial charge in [0, 0.05) is 0 Å². The van der Waals surface area contributed by atoms with Gasteiger partial charge in [-0.1, -0.05) is 0 Å². The van der Waals surface area contributed by atoms with Gasteiger partial charge in [0.05, 0.1) is 6.54 Å². The third-order valence-corrected chi connectivity index (χ3v) is 1.30. The maximum atomic E-state index is 9.77. The molecule has 84 valence electrons. The Labute approximate surface area is 88.2 Å². The molecule has 0 unspecified atom stereocenters. The molecule has 5 heteroatoms. The zero-order valence-electron chi connectivity index (χ0n) is 8.71. The fourth-order valence-electron chi connectivity index (χ4n) is 0.723. The van der Waals surface area contributed by atoms with Crippen LogP contribution in [0.3, 0.4) is 0 Å². The molecule has 0 bridgehead atoms. The lowest BCUT2D eigenvalue weighted by molar-refractivity contribution is -0.137. The SMILES string of the molecule is CN(C)CC(=O)O.Oc1ccc(O)cc1. The maximum absolute atomic E-state index is 9.77. The lowest BCUT2D eigenvalue weighted by Crippen LogP contribution is -2.20. The number of likely N-dealkylation sites (N-methyl/N-ethyl adjacent to an activating group) is 1. The summed E-state index contributed by atoms with van der Waals surface area (Å²) in [4.78, 5) is 11.4. The second-order valence-electron chi connectivity index (χ2n) is 3.15. The second kappa shape index (κ2) is 6.67. The van der Waals surface area contributed by atoms with Gasteiger partial charge in [-0.05, 0) is 38.4 Å². The van der Waals surface area contributed by atoms with E-state index in [9.17, 15) is 4.79 Å². The molecule has 0 radical (unpaired) electrons. The van der Waals surface area contributed by atoms with Crippen molar-refractivity contribution in [1.29, 1.82) is 0 Å². The first kappa shape index (κ1) is 13.2. The van der Waals surface area contributed by atoms with Crippen molar-refractivity contribution in [2.24, 2.45) is 0 Å². The molecule has 3 N–H and O–H groups in total. The number of carboxylic acids is 1. The molecular formula is C10H15NO4. The van der Waals surface area contributed by atoms with Gasteiger partial charge in [0.2, 0.25) is 0 Å². The van der Waals surface area contributed by atoms with Gasteiger partial charge in [-0.2, -0.15) is 0 Å². The Morgan fingerprint density at radius 2 is 1.47 bits per heavy atom. The van der Waals surface area contributed by atoms with Crippen LogP contribution in [0.25, 0.3) is 0 Å². The molecule has 1 rings (SSSR count). The number of carbonyl (C=O) groups is 1. The summed E-state index contributed by atoms with van der Waals surface area (Å²) in [5.41, 5.74) is 0. The van der Waals surface area contributed by atoms with E-state index in [4.69, 9.17) is 15.3 Å². The van der Waals surface area contributed by atoms with Crippen LogP contribution in [-0.4, -0.2) is 46.8 Å². The summed E-state index contributed by atoms with van der Waals surface area (Å²) in [7, 11) is 3.43. The van der Waals surface area contributed by atoms with E-state index in [2.05, 4.69) is 0 Å². The Bertz CT molecular complexity index is 274. The molecule has 0 aromatic heterocycles. The zero-order valence-corrected chi connectivity index (χ0v) is 8.71. The molecule has 0 aliphatic carbocycles. The molecule has 0 amide bonds. The number of nitrogens with zero attached hydrogens (tertiary/aromatic N) is 1. The first-order chi connectivity index (χ1) is 6.91. The van der Waals surface area contributed by atoms with E-state index in [1.165, 1.54) is 24.3 Å². The van der Waals surface area contributed by atoms with Crippen LogP contribution in [0.15, 0.2) is 24.3 Å². The molecule has 0 aliphatic rings. The van der Waals surface area contributed by atoms with E-state index in [0.717, 1.165) is 0 Å². The van der Waals surface area contributed by atoms with Gasteiger partial charge in [-0.3, -0.25) is 9.69 Å². The number of phenolic OH excluding ortho intramolecular Hbond substituents is 2. The summed E-state index contributed by atoms with van der Waals surface area (Å²) < 4.78 is 0. The van der Waals surface area contributed by atoms with E-state index < -0.39 is 5.97 Å². The summed E-state index contributed by atoms with van der Waals surface area (Å²) in [5, 5.41) is 25.3. The summed E-state index contributed by atoms with van der Waals surface area (Å²) in [6.45, 7) is 0.111. The largest absolute Gasteiger partial charge is 0.508 e. The highest BCUT2D eigenvalue weighted by Crippen LogP contribution is 2.13. The summed E-state index contributed by atoms with van der Waals surface area (Å²) in [6.07, 6.45) is 0. The standard InChI is InChI=1S/C6H6O2.C4H9NO2/c7-5-1-2-6(8)4-3-5;1-5(2)3-4(6)7/h1-4,7-8H;3H2,1-2H3,(H,6,7). The number of rotatable bonds is 2. The van der Waals surface area contributed by atoms with E-state index in [1.54, 1.807) is 19.0 Å². The van der Waals surface area contributed by atoms with Gasteiger partial charge in [0.1, 0.15) is 11.5 Å². The first-order valence-corrected chi connectivity index (χ1v) is 4.26. The monoisotopic (exact) mass is 213 g/mol. The number of hydrogen-bond acceptors (Lipinski definition) is 4. The Hall–Kier alpha value is -1.75. The fraction of sp³-hybridized carbons (Fsp3) is 0.300. The van der Waals surface area contributed by atoms with Crippen LogP contribution < -0.4 is 0 Å². The Kier molecular flexibility index (Phi) is 5.89. The Morgan fingerprint density at radius 3 is 1.60 bits per heavy atom. The minimum Gasteiger partial charge on any atom is -0.508 e. The van der Waals surface area contributed by atoms with Crippen LogP contribution in [0, 0.1) is 0 Å². The smallest absolute Gasteiger partial charge is 0.317 e. The molecule has 0 saturated heterocycles. The highest BCUT2D eigenvalue weighted by Gasteiger charge is 1.94. The van der Waals surface area contributed by atoms with Crippen molar-refractivity contribution in [3.8, 4) is 11.5 Å². The van der Waals surface area contributed by atoms with Crippen molar-refractivity contribution in [2.45, 2.75) is 0 Å². The van der Waals surface area contributed by atoms with Gasteiger partial charge < -0.3 is 15.3 Å². The molecule has 15 heavy (non-hydrogen) atoms. The first-order valence-electron chi connectivity index (χ1n) is 4.26. The summed E-state index contributed by atoms with van der Waals surface area (Å²) >= 11 is 0. The maximum Gasteiger partial charge on any atom is 0.317 e. The topological polar surface area (TPSA) is 81.0 Å². The number of aliphatic carboxylic acids is 1. The average molecular weight is 213 g/mol. The molecule has 0 heterocycles. The van der Waals surface area contributed by atoms with Crippen molar-refractivity contribution in [3.63, 3.8) is 0 Å². The normalized spacial score (nSPS) is 9.27. The predicted molar refractivity (Wildman–Crippen MR) is 56.0 cm³/mol. The van der Waals surface area contributed by atoms with Gasteiger partial charge in [-0.25, -0.2) is 0 Å². The van der Waals surface area contributed by atoms with E-state index in [-0.39, 0.29) is 18.0 Å². The van der Waals surface area contributed by atoms with Crippen molar-refractivity contribution in [3.05, 3.63) is 24.3 Å². The minimum absolute atomic E-state index is 0.111. The number of hydrogen-bond donors (Lipinski definition) is 3. The van der Waals surface area contributed by atoms with Crippen LogP contribution >= 0.6 is 0 Å². The second-order valence-corrected chi connectivity index (χ2v) is 3.15. The molecule has 1 aromatic rings. The highest BCUT2D eigenvalue weighted by atomic mass is 16.4. The number of aromatic hydroxyl groups is 2. The van der Waals surface area contributed by atoms with Gasteiger partial charge in [0.15, 0.2) is 0 Å². The zero-order chi connectivity index (χ0) is 11.8. The summed E-state index contributed by atoms with van der Waals surface area (Å²) in [6, 6.07) is 5.70. The molecule has 0 fully saturated rings. The predicted octanol–water partition coefficient (Wildman–Crippen LogP) is 0.730. The quantitative estimate of drug-likeness (QED) is 0.631. The van der Waals surface area contributed by atoms with Crippen molar-refractivity contribution in [2.75, 3.05) is 20.6 Å².